The van der Waals surface area contributed by atoms with Gasteiger partial charge in [0.15, 0.2) is 5.69 Å². The van der Waals surface area contributed by atoms with Crippen LogP contribution in [0.3, 0.4) is 0 Å². The van der Waals surface area contributed by atoms with E-state index in [0.717, 1.165) is 30.9 Å². The molecule has 4 heteroatoms. The highest BCUT2D eigenvalue weighted by molar-refractivity contribution is 5.58. The van der Waals surface area contributed by atoms with Gasteiger partial charge in [0, 0.05) is 12.6 Å². The highest BCUT2D eigenvalue weighted by Crippen LogP contribution is 2.20. The first-order valence-corrected chi connectivity index (χ1v) is 6.45. The van der Waals surface area contributed by atoms with Gasteiger partial charge in [0.05, 0.1) is 5.52 Å². The van der Waals surface area contributed by atoms with Crippen molar-refractivity contribution in [1.82, 2.24) is 14.7 Å². The normalized spacial score (nSPS) is 16.8. The van der Waals surface area contributed by atoms with Gasteiger partial charge < -0.3 is 9.72 Å². The van der Waals surface area contributed by atoms with Crippen LogP contribution in [0.1, 0.15) is 24.4 Å². The molecule has 1 N–H and O–H groups in total. The van der Waals surface area contributed by atoms with Crippen LogP contribution in [-0.4, -0.2) is 22.5 Å². The van der Waals surface area contributed by atoms with E-state index < -0.39 is 0 Å². The van der Waals surface area contributed by atoms with Crippen molar-refractivity contribution in [2.75, 3.05) is 13.1 Å². The highest BCUT2D eigenvalue weighted by atomic mass is 15.0. The molecule has 0 amide bonds. The molecule has 3 heterocycles. The lowest BCUT2D eigenvalue weighted by molar-refractivity contribution is 0.367. The second-order valence-corrected chi connectivity index (χ2v) is 4.84. The monoisotopic (exact) mass is 240 g/mol. The van der Waals surface area contributed by atoms with Crippen molar-refractivity contribution in [3.05, 3.63) is 35.9 Å². The smallest absolute Gasteiger partial charge is 0.166 e. The number of rotatable bonds is 2. The van der Waals surface area contributed by atoms with Gasteiger partial charge in [0.2, 0.25) is 0 Å². The topological polar surface area (TPSA) is 53.1 Å². The molecule has 0 aromatic carbocycles. The number of pyridine rings is 1. The Hall–Kier alpha value is -1.86. The number of fused-ring (bicyclic) bond motifs is 1. The Morgan fingerprint density at radius 1 is 1.39 bits per heavy atom. The average molecular weight is 240 g/mol. The molecule has 3 rings (SSSR count). The lowest BCUT2D eigenvalue weighted by Gasteiger charge is -2.21. The molecule has 2 aromatic heterocycles. The summed E-state index contributed by atoms with van der Waals surface area (Å²) in [5.41, 5.74) is 1.46. The molecule has 0 spiro atoms. The van der Waals surface area contributed by atoms with Crippen molar-refractivity contribution in [2.24, 2.45) is 5.92 Å². The summed E-state index contributed by atoms with van der Waals surface area (Å²) in [6.07, 6.45) is 5.36. The molecule has 0 aliphatic carbocycles. The van der Waals surface area contributed by atoms with Gasteiger partial charge in [-0.05, 0) is 44.0 Å². The Morgan fingerprint density at radius 3 is 3.00 bits per heavy atom. The molecule has 0 atom stereocenters. The first kappa shape index (κ1) is 11.2. The number of hydrogen-bond donors (Lipinski definition) is 1. The quantitative estimate of drug-likeness (QED) is 0.870. The van der Waals surface area contributed by atoms with Gasteiger partial charge >= 0.3 is 0 Å². The molecule has 1 saturated heterocycles. The predicted molar refractivity (Wildman–Crippen MR) is 69.2 cm³/mol. The van der Waals surface area contributed by atoms with Crippen molar-refractivity contribution in [3.63, 3.8) is 0 Å². The van der Waals surface area contributed by atoms with Crippen molar-refractivity contribution < 1.29 is 0 Å². The number of nitriles is 1. The predicted octanol–water partition coefficient (Wildman–Crippen LogP) is 1.75. The zero-order chi connectivity index (χ0) is 12.4. The van der Waals surface area contributed by atoms with Crippen LogP contribution in [0.2, 0.25) is 0 Å². The highest BCUT2D eigenvalue weighted by Gasteiger charge is 2.17. The van der Waals surface area contributed by atoms with E-state index >= 15 is 0 Å². The van der Waals surface area contributed by atoms with Crippen LogP contribution in [-0.2, 0) is 6.42 Å². The molecule has 4 nitrogen and oxygen atoms in total. The van der Waals surface area contributed by atoms with E-state index in [2.05, 4.69) is 20.8 Å². The second kappa shape index (κ2) is 4.79. The van der Waals surface area contributed by atoms with Gasteiger partial charge in [-0.3, -0.25) is 0 Å². The number of piperidine rings is 1. The molecule has 92 valence electrons. The summed E-state index contributed by atoms with van der Waals surface area (Å²) < 4.78 is 2.06. The fraction of sp³-hybridized carbons (Fsp3) is 0.429. The van der Waals surface area contributed by atoms with E-state index in [-0.39, 0.29) is 0 Å². The molecule has 1 aliphatic rings. The Balaban J connectivity index is 1.94. The SMILES string of the molecule is N#Cc1nc(CC2CCNCC2)n2ccccc12. The molecule has 0 unspecified atom stereocenters. The van der Waals surface area contributed by atoms with Crippen molar-refractivity contribution in [3.8, 4) is 6.07 Å². The van der Waals surface area contributed by atoms with Gasteiger partial charge in [0.25, 0.3) is 0 Å². The molecule has 0 saturated carbocycles. The molecular weight excluding hydrogens is 224 g/mol. The summed E-state index contributed by atoms with van der Waals surface area (Å²) in [4.78, 5) is 4.48. The largest absolute Gasteiger partial charge is 0.317 e. The Labute approximate surface area is 106 Å². The zero-order valence-corrected chi connectivity index (χ0v) is 10.3. The Kier molecular flexibility index (Phi) is 2.99. The van der Waals surface area contributed by atoms with E-state index in [0.29, 0.717) is 11.6 Å². The standard InChI is InChI=1S/C14H16N4/c15-10-12-13-3-1-2-8-18(13)14(17-12)9-11-4-6-16-7-5-11/h1-3,8,11,16H,4-7,9H2. The molecular formula is C14H16N4. The molecule has 2 aromatic rings. The van der Waals surface area contributed by atoms with Gasteiger partial charge in [-0.1, -0.05) is 6.07 Å². The lowest BCUT2D eigenvalue weighted by atomic mass is 9.94. The van der Waals surface area contributed by atoms with Crippen LogP contribution in [0.25, 0.3) is 5.52 Å². The zero-order valence-electron chi connectivity index (χ0n) is 10.3. The average Bonchev–Trinajstić information content (AvgIpc) is 2.78. The summed E-state index contributed by atoms with van der Waals surface area (Å²) >= 11 is 0. The van der Waals surface area contributed by atoms with Crippen LogP contribution < -0.4 is 5.32 Å². The minimum absolute atomic E-state index is 0.541. The number of nitrogens with one attached hydrogen (secondary N) is 1. The fourth-order valence-corrected chi connectivity index (χ4v) is 2.67. The Bertz CT molecular complexity index is 587. The molecule has 1 aliphatic heterocycles. The minimum Gasteiger partial charge on any atom is -0.317 e. The van der Waals surface area contributed by atoms with Crippen LogP contribution in [0, 0.1) is 17.2 Å². The Morgan fingerprint density at radius 2 is 2.22 bits per heavy atom. The second-order valence-electron chi connectivity index (χ2n) is 4.84. The summed E-state index contributed by atoms with van der Waals surface area (Å²) in [6, 6.07) is 8.08. The molecule has 18 heavy (non-hydrogen) atoms. The first-order chi connectivity index (χ1) is 8.88. The van der Waals surface area contributed by atoms with Gasteiger partial charge in [-0.15, -0.1) is 0 Å². The van der Waals surface area contributed by atoms with E-state index in [1.807, 2.05) is 24.4 Å². The summed E-state index contributed by atoms with van der Waals surface area (Å²) in [7, 11) is 0. The minimum atomic E-state index is 0.541. The number of imidazole rings is 1. The maximum atomic E-state index is 9.12. The summed E-state index contributed by atoms with van der Waals surface area (Å²) in [5, 5.41) is 12.5. The van der Waals surface area contributed by atoms with Crippen molar-refractivity contribution >= 4 is 5.52 Å². The van der Waals surface area contributed by atoms with E-state index in [1.54, 1.807) is 0 Å². The summed E-state index contributed by atoms with van der Waals surface area (Å²) in [6.45, 7) is 2.19. The maximum absolute atomic E-state index is 9.12. The van der Waals surface area contributed by atoms with Crippen LogP contribution in [0.4, 0.5) is 0 Å². The van der Waals surface area contributed by atoms with Crippen LogP contribution in [0.15, 0.2) is 24.4 Å². The van der Waals surface area contributed by atoms with Gasteiger partial charge in [-0.2, -0.15) is 5.26 Å². The molecule has 0 radical (unpaired) electrons. The third-order valence-electron chi connectivity index (χ3n) is 3.66. The summed E-state index contributed by atoms with van der Waals surface area (Å²) in [5.74, 6) is 1.71. The van der Waals surface area contributed by atoms with Crippen molar-refractivity contribution in [2.45, 2.75) is 19.3 Å². The third-order valence-corrected chi connectivity index (χ3v) is 3.66. The third kappa shape index (κ3) is 1.98. The fourth-order valence-electron chi connectivity index (χ4n) is 2.67. The van der Waals surface area contributed by atoms with Crippen molar-refractivity contribution in [1.29, 1.82) is 5.26 Å². The van der Waals surface area contributed by atoms with E-state index in [4.69, 9.17) is 5.26 Å². The van der Waals surface area contributed by atoms with E-state index in [1.165, 1.54) is 12.8 Å². The van der Waals surface area contributed by atoms with E-state index in [9.17, 15) is 0 Å². The lowest BCUT2D eigenvalue weighted by Crippen LogP contribution is -2.29. The first-order valence-electron chi connectivity index (χ1n) is 6.45. The molecule has 0 bridgehead atoms. The number of aromatic nitrogens is 2. The van der Waals surface area contributed by atoms with Crippen LogP contribution >= 0.6 is 0 Å². The number of hydrogen-bond acceptors (Lipinski definition) is 3. The van der Waals surface area contributed by atoms with Crippen LogP contribution in [0.5, 0.6) is 0 Å². The maximum Gasteiger partial charge on any atom is 0.166 e. The molecule has 1 fully saturated rings. The van der Waals surface area contributed by atoms with Gasteiger partial charge in [0.1, 0.15) is 11.9 Å². The number of nitrogens with zero attached hydrogens (tertiary/aromatic N) is 3. The van der Waals surface area contributed by atoms with Gasteiger partial charge in [-0.25, -0.2) is 4.98 Å².